The highest BCUT2D eigenvalue weighted by Crippen LogP contribution is 2.15. The molecule has 1 rings (SSSR count). The largest absolute Gasteiger partial charge is 0.392 e. The molecule has 0 spiro atoms. The van der Waals surface area contributed by atoms with Crippen molar-refractivity contribution in [2.24, 2.45) is 5.92 Å². The first-order valence-corrected chi connectivity index (χ1v) is 6.21. The normalized spacial score (nSPS) is 14.9. The fourth-order valence-corrected chi connectivity index (χ4v) is 1.82. The van der Waals surface area contributed by atoms with Gasteiger partial charge in [-0.1, -0.05) is 20.3 Å². The van der Waals surface area contributed by atoms with Crippen molar-refractivity contribution in [3.05, 3.63) is 28.5 Å². The molecule has 2 atom stereocenters. The third kappa shape index (κ3) is 4.31. The summed E-state index contributed by atoms with van der Waals surface area (Å²) in [6.45, 7) is 4.23. The van der Waals surface area contributed by atoms with Crippen LogP contribution in [0.2, 0.25) is 0 Å². The third-order valence-corrected chi connectivity index (χ3v) is 3.08. The smallest absolute Gasteiger partial charge is 0.0621 e. The maximum absolute atomic E-state index is 9.92. The lowest BCUT2D eigenvalue weighted by molar-refractivity contribution is 0.111. The minimum atomic E-state index is -0.279. The zero-order valence-corrected chi connectivity index (χ0v) is 10.9. The molecule has 2 unspecified atom stereocenters. The predicted molar refractivity (Wildman–Crippen MR) is 65.7 cm³/mol. The van der Waals surface area contributed by atoms with Gasteiger partial charge in [0.1, 0.15) is 0 Å². The van der Waals surface area contributed by atoms with Crippen LogP contribution in [0.15, 0.2) is 22.8 Å². The van der Waals surface area contributed by atoms with E-state index in [9.17, 15) is 5.11 Å². The summed E-state index contributed by atoms with van der Waals surface area (Å²) in [6, 6.07) is 3.91. The van der Waals surface area contributed by atoms with E-state index in [1.54, 1.807) is 6.20 Å². The van der Waals surface area contributed by atoms with Crippen LogP contribution in [0.25, 0.3) is 0 Å². The molecule has 0 amide bonds. The molecule has 15 heavy (non-hydrogen) atoms. The molecule has 2 nitrogen and oxygen atoms in total. The number of hydrogen-bond acceptors (Lipinski definition) is 2. The molecule has 0 aliphatic carbocycles. The van der Waals surface area contributed by atoms with Crippen LogP contribution >= 0.6 is 15.9 Å². The van der Waals surface area contributed by atoms with Crippen LogP contribution in [0, 0.1) is 5.92 Å². The van der Waals surface area contributed by atoms with Crippen molar-refractivity contribution in [1.82, 2.24) is 4.98 Å². The average Bonchev–Trinajstić information content (AvgIpc) is 2.22. The first-order valence-electron chi connectivity index (χ1n) is 5.42. The van der Waals surface area contributed by atoms with E-state index >= 15 is 0 Å². The van der Waals surface area contributed by atoms with Crippen molar-refractivity contribution >= 4 is 15.9 Å². The van der Waals surface area contributed by atoms with Crippen LogP contribution in [0.3, 0.4) is 0 Å². The summed E-state index contributed by atoms with van der Waals surface area (Å²) >= 11 is 3.34. The lowest BCUT2D eigenvalue weighted by Crippen LogP contribution is -2.20. The van der Waals surface area contributed by atoms with Crippen LogP contribution in [0.5, 0.6) is 0 Å². The first kappa shape index (κ1) is 12.7. The van der Waals surface area contributed by atoms with Crippen LogP contribution in [-0.4, -0.2) is 16.2 Å². The molecular formula is C12H18BrNO. The van der Waals surface area contributed by atoms with Gasteiger partial charge in [-0.2, -0.15) is 0 Å². The number of hydrogen-bond donors (Lipinski definition) is 1. The Bertz CT molecular complexity index is 286. The molecule has 0 radical (unpaired) electrons. The van der Waals surface area contributed by atoms with Gasteiger partial charge in [-0.15, -0.1) is 0 Å². The van der Waals surface area contributed by atoms with Crippen molar-refractivity contribution in [1.29, 1.82) is 0 Å². The van der Waals surface area contributed by atoms with Gasteiger partial charge in [0.25, 0.3) is 0 Å². The van der Waals surface area contributed by atoms with E-state index < -0.39 is 0 Å². The Morgan fingerprint density at radius 3 is 2.73 bits per heavy atom. The van der Waals surface area contributed by atoms with Crippen LogP contribution in [0.4, 0.5) is 0 Å². The molecule has 3 heteroatoms. The summed E-state index contributed by atoms with van der Waals surface area (Å²) in [5.41, 5.74) is 0.952. The zero-order chi connectivity index (χ0) is 11.3. The highest BCUT2D eigenvalue weighted by Gasteiger charge is 2.14. The van der Waals surface area contributed by atoms with E-state index in [4.69, 9.17) is 0 Å². The van der Waals surface area contributed by atoms with Gasteiger partial charge in [-0.25, -0.2) is 0 Å². The molecule has 0 saturated carbocycles. The number of nitrogens with zero attached hydrogens (tertiary/aromatic N) is 1. The Balaban J connectivity index is 2.50. The maximum Gasteiger partial charge on any atom is 0.0621 e. The molecule has 1 N–H and O–H groups in total. The monoisotopic (exact) mass is 271 g/mol. The molecule has 0 aliphatic heterocycles. The molecule has 1 aromatic heterocycles. The van der Waals surface area contributed by atoms with Crippen molar-refractivity contribution in [2.75, 3.05) is 0 Å². The van der Waals surface area contributed by atoms with Gasteiger partial charge in [-0.05, 0) is 40.4 Å². The van der Waals surface area contributed by atoms with Crippen molar-refractivity contribution in [3.8, 4) is 0 Å². The minimum absolute atomic E-state index is 0.279. The number of rotatable bonds is 5. The van der Waals surface area contributed by atoms with Crippen LogP contribution in [0.1, 0.15) is 32.4 Å². The summed E-state index contributed by atoms with van der Waals surface area (Å²) in [5, 5.41) is 9.92. The highest BCUT2D eigenvalue weighted by atomic mass is 79.9. The summed E-state index contributed by atoms with van der Waals surface area (Å²) in [7, 11) is 0. The minimum Gasteiger partial charge on any atom is -0.392 e. The highest BCUT2D eigenvalue weighted by molar-refractivity contribution is 9.10. The number of halogens is 1. The Kier molecular flexibility index (Phi) is 5.26. The van der Waals surface area contributed by atoms with E-state index in [2.05, 4.69) is 34.8 Å². The van der Waals surface area contributed by atoms with Crippen LogP contribution < -0.4 is 0 Å². The third-order valence-electron chi connectivity index (χ3n) is 2.61. The summed E-state index contributed by atoms with van der Waals surface area (Å²) in [6.07, 6.45) is 4.32. The van der Waals surface area contributed by atoms with E-state index in [-0.39, 0.29) is 6.10 Å². The quantitative estimate of drug-likeness (QED) is 0.893. The van der Waals surface area contributed by atoms with Gasteiger partial charge < -0.3 is 5.11 Å². The Hall–Kier alpha value is -0.410. The Morgan fingerprint density at radius 2 is 2.20 bits per heavy atom. The van der Waals surface area contributed by atoms with E-state index in [1.807, 2.05) is 12.1 Å². The fraction of sp³-hybridized carbons (Fsp3) is 0.583. The first-order chi connectivity index (χ1) is 7.13. The number of aliphatic hydroxyl groups excluding tert-OH is 1. The second-order valence-corrected chi connectivity index (χ2v) is 4.92. The Labute approximate surface area is 99.9 Å². The number of aromatic nitrogens is 1. The van der Waals surface area contributed by atoms with Gasteiger partial charge in [0, 0.05) is 22.8 Å². The van der Waals surface area contributed by atoms with E-state index in [0.29, 0.717) is 12.3 Å². The summed E-state index contributed by atoms with van der Waals surface area (Å²) in [4.78, 5) is 4.25. The van der Waals surface area contributed by atoms with Gasteiger partial charge in [0.15, 0.2) is 0 Å². The molecule has 84 valence electrons. The van der Waals surface area contributed by atoms with Gasteiger partial charge in [0.05, 0.1) is 6.10 Å². The SMILES string of the molecule is CCCC(C)C(O)Cc1ccc(Br)cn1. The van der Waals surface area contributed by atoms with E-state index in [0.717, 1.165) is 23.0 Å². The van der Waals surface area contributed by atoms with Gasteiger partial charge in [-0.3, -0.25) is 4.98 Å². The summed E-state index contributed by atoms with van der Waals surface area (Å²) in [5.74, 6) is 0.348. The lowest BCUT2D eigenvalue weighted by Gasteiger charge is -2.17. The maximum atomic E-state index is 9.92. The summed E-state index contributed by atoms with van der Waals surface area (Å²) < 4.78 is 0.974. The average molecular weight is 272 g/mol. The molecular weight excluding hydrogens is 254 g/mol. The molecule has 0 bridgehead atoms. The van der Waals surface area contributed by atoms with Crippen molar-refractivity contribution in [3.63, 3.8) is 0 Å². The lowest BCUT2D eigenvalue weighted by atomic mass is 9.96. The number of aliphatic hydroxyl groups is 1. The molecule has 0 saturated heterocycles. The van der Waals surface area contributed by atoms with Crippen molar-refractivity contribution < 1.29 is 5.11 Å². The molecule has 0 aliphatic rings. The molecule has 1 heterocycles. The van der Waals surface area contributed by atoms with Crippen molar-refractivity contribution in [2.45, 2.75) is 39.2 Å². The molecule has 0 aromatic carbocycles. The second-order valence-electron chi connectivity index (χ2n) is 4.01. The number of pyridine rings is 1. The van der Waals surface area contributed by atoms with Gasteiger partial charge >= 0.3 is 0 Å². The predicted octanol–water partition coefficient (Wildman–Crippen LogP) is 3.18. The van der Waals surface area contributed by atoms with E-state index in [1.165, 1.54) is 0 Å². The molecule has 0 fully saturated rings. The zero-order valence-electron chi connectivity index (χ0n) is 9.28. The standard InChI is InChI=1S/C12H18BrNO/c1-3-4-9(2)12(15)7-11-6-5-10(13)8-14-11/h5-6,8-9,12,15H,3-4,7H2,1-2H3. The Morgan fingerprint density at radius 1 is 1.47 bits per heavy atom. The van der Waals surface area contributed by atoms with Gasteiger partial charge in [0.2, 0.25) is 0 Å². The van der Waals surface area contributed by atoms with Crippen LogP contribution in [-0.2, 0) is 6.42 Å². The molecule has 1 aromatic rings. The second kappa shape index (κ2) is 6.23. The fourth-order valence-electron chi connectivity index (χ4n) is 1.59. The topological polar surface area (TPSA) is 33.1 Å².